The van der Waals surface area contributed by atoms with Crippen LogP contribution in [0.3, 0.4) is 0 Å². The minimum Gasteiger partial charge on any atom is -0.295 e. The van der Waals surface area contributed by atoms with Crippen molar-refractivity contribution >= 4 is 11.3 Å². The highest BCUT2D eigenvalue weighted by Gasteiger charge is 2.20. The van der Waals surface area contributed by atoms with Gasteiger partial charge >= 0.3 is 0 Å². The van der Waals surface area contributed by atoms with E-state index in [0.29, 0.717) is 6.04 Å². The van der Waals surface area contributed by atoms with E-state index in [0.717, 1.165) is 0 Å². The number of nitriles is 1. The van der Waals surface area contributed by atoms with Crippen LogP contribution in [0.2, 0.25) is 0 Å². The molecule has 0 amide bonds. The minimum atomic E-state index is -0.122. The number of rotatable bonds is 3. The molecule has 1 unspecified atom stereocenters. The van der Waals surface area contributed by atoms with Gasteiger partial charge in [0.1, 0.15) is 6.04 Å². The number of thiophene rings is 1. The SMILES string of the molecule is Cc1cc(C(C#N)NC2CCCCC2)c(C)s1. The van der Waals surface area contributed by atoms with E-state index in [2.05, 4.69) is 31.3 Å². The summed E-state index contributed by atoms with van der Waals surface area (Å²) in [6.07, 6.45) is 6.40. The van der Waals surface area contributed by atoms with Crippen LogP contribution >= 0.6 is 11.3 Å². The van der Waals surface area contributed by atoms with E-state index in [9.17, 15) is 5.26 Å². The van der Waals surface area contributed by atoms with E-state index < -0.39 is 0 Å². The molecule has 92 valence electrons. The molecule has 1 saturated carbocycles. The summed E-state index contributed by atoms with van der Waals surface area (Å²) in [4.78, 5) is 2.57. The van der Waals surface area contributed by atoms with Crippen LogP contribution < -0.4 is 5.32 Å². The molecule has 1 N–H and O–H groups in total. The Morgan fingerprint density at radius 3 is 2.59 bits per heavy atom. The van der Waals surface area contributed by atoms with Gasteiger partial charge in [-0.25, -0.2) is 0 Å². The van der Waals surface area contributed by atoms with Gasteiger partial charge < -0.3 is 0 Å². The summed E-state index contributed by atoms with van der Waals surface area (Å²) >= 11 is 1.78. The van der Waals surface area contributed by atoms with Crippen LogP contribution in [0, 0.1) is 25.2 Å². The number of nitrogens with zero attached hydrogens (tertiary/aromatic N) is 1. The first kappa shape index (κ1) is 12.6. The zero-order chi connectivity index (χ0) is 12.3. The fourth-order valence-corrected chi connectivity index (χ4v) is 3.60. The van der Waals surface area contributed by atoms with Crippen LogP contribution in [0.5, 0.6) is 0 Å². The highest BCUT2D eigenvalue weighted by atomic mass is 32.1. The van der Waals surface area contributed by atoms with E-state index in [4.69, 9.17) is 0 Å². The molecule has 1 heterocycles. The summed E-state index contributed by atoms with van der Waals surface area (Å²) in [6.45, 7) is 4.22. The average molecular weight is 248 g/mol. The Morgan fingerprint density at radius 2 is 2.06 bits per heavy atom. The van der Waals surface area contributed by atoms with E-state index in [1.54, 1.807) is 11.3 Å². The summed E-state index contributed by atoms with van der Waals surface area (Å²) in [5.41, 5.74) is 1.18. The molecule has 2 rings (SSSR count). The Morgan fingerprint density at radius 1 is 1.35 bits per heavy atom. The van der Waals surface area contributed by atoms with Crippen LogP contribution in [0.25, 0.3) is 0 Å². The zero-order valence-electron chi connectivity index (χ0n) is 10.6. The van der Waals surface area contributed by atoms with E-state index in [-0.39, 0.29) is 6.04 Å². The third-order valence-electron chi connectivity index (χ3n) is 3.53. The molecule has 1 aliphatic rings. The summed E-state index contributed by atoms with van der Waals surface area (Å²) in [7, 11) is 0. The molecule has 1 aliphatic carbocycles. The number of hydrogen-bond donors (Lipinski definition) is 1. The maximum Gasteiger partial charge on any atom is 0.122 e. The molecule has 1 aromatic heterocycles. The molecular weight excluding hydrogens is 228 g/mol. The van der Waals surface area contributed by atoms with Gasteiger partial charge in [0.15, 0.2) is 0 Å². The lowest BCUT2D eigenvalue weighted by Crippen LogP contribution is -2.33. The van der Waals surface area contributed by atoms with Crippen molar-refractivity contribution in [3.8, 4) is 6.07 Å². The largest absolute Gasteiger partial charge is 0.295 e. The summed E-state index contributed by atoms with van der Waals surface area (Å²) in [5.74, 6) is 0. The molecule has 3 heteroatoms. The summed E-state index contributed by atoms with van der Waals surface area (Å²) in [6, 6.07) is 4.98. The predicted molar refractivity (Wildman–Crippen MR) is 72.2 cm³/mol. The molecule has 1 aromatic rings. The number of aryl methyl sites for hydroxylation is 2. The van der Waals surface area contributed by atoms with Crippen LogP contribution in [0.1, 0.15) is 53.5 Å². The molecule has 2 nitrogen and oxygen atoms in total. The first-order valence-electron chi connectivity index (χ1n) is 6.43. The van der Waals surface area contributed by atoms with E-state index >= 15 is 0 Å². The van der Waals surface area contributed by atoms with Crippen LogP contribution in [0.4, 0.5) is 0 Å². The van der Waals surface area contributed by atoms with Crippen molar-refractivity contribution in [1.29, 1.82) is 5.26 Å². The molecule has 1 fully saturated rings. The minimum absolute atomic E-state index is 0.122. The Bertz CT molecular complexity index is 410. The van der Waals surface area contributed by atoms with E-state index in [1.165, 1.54) is 47.4 Å². The van der Waals surface area contributed by atoms with Crippen molar-refractivity contribution in [2.75, 3.05) is 0 Å². The van der Waals surface area contributed by atoms with Gasteiger partial charge in [-0.2, -0.15) is 5.26 Å². The van der Waals surface area contributed by atoms with Crippen molar-refractivity contribution in [1.82, 2.24) is 5.32 Å². The van der Waals surface area contributed by atoms with Gasteiger partial charge in [0, 0.05) is 15.8 Å². The Balaban J connectivity index is 2.06. The Labute approximate surface area is 108 Å². The third kappa shape index (κ3) is 3.08. The van der Waals surface area contributed by atoms with Gasteiger partial charge in [0.25, 0.3) is 0 Å². The first-order chi connectivity index (χ1) is 8.20. The lowest BCUT2D eigenvalue weighted by Gasteiger charge is -2.25. The smallest absolute Gasteiger partial charge is 0.122 e. The second-order valence-electron chi connectivity index (χ2n) is 4.93. The zero-order valence-corrected chi connectivity index (χ0v) is 11.4. The highest BCUT2D eigenvalue weighted by molar-refractivity contribution is 7.12. The van der Waals surface area contributed by atoms with Crippen molar-refractivity contribution in [2.24, 2.45) is 0 Å². The fourth-order valence-electron chi connectivity index (χ4n) is 2.64. The van der Waals surface area contributed by atoms with E-state index in [1.807, 2.05) is 0 Å². The quantitative estimate of drug-likeness (QED) is 0.882. The van der Waals surface area contributed by atoms with Gasteiger partial charge in [-0.05, 0) is 38.3 Å². The Hall–Kier alpha value is -0.850. The molecule has 1 atom stereocenters. The predicted octanol–water partition coefficient (Wildman–Crippen LogP) is 3.85. The molecule has 17 heavy (non-hydrogen) atoms. The highest BCUT2D eigenvalue weighted by Crippen LogP contribution is 2.28. The molecule has 0 bridgehead atoms. The van der Waals surface area contributed by atoms with Crippen molar-refractivity contribution in [3.05, 3.63) is 21.4 Å². The van der Waals surface area contributed by atoms with Gasteiger partial charge in [0.05, 0.1) is 6.07 Å². The van der Waals surface area contributed by atoms with Crippen LogP contribution in [0.15, 0.2) is 6.07 Å². The molecule has 0 spiro atoms. The standard InChI is InChI=1S/C14H20N2S/c1-10-8-13(11(2)17-10)14(9-15)16-12-6-4-3-5-7-12/h8,12,14,16H,3-7H2,1-2H3. The lowest BCUT2D eigenvalue weighted by molar-refractivity contribution is 0.359. The lowest BCUT2D eigenvalue weighted by atomic mass is 9.94. The van der Waals surface area contributed by atoms with Crippen molar-refractivity contribution in [2.45, 2.75) is 58.0 Å². The van der Waals surface area contributed by atoms with Gasteiger partial charge in [0.2, 0.25) is 0 Å². The Kier molecular flexibility index (Phi) is 4.20. The van der Waals surface area contributed by atoms with Gasteiger partial charge in [-0.1, -0.05) is 19.3 Å². The summed E-state index contributed by atoms with van der Waals surface area (Å²) < 4.78 is 0. The first-order valence-corrected chi connectivity index (χ1v) is 7.25. The topological polar surface area (TPSA) is 35.8 Å². The van der Waals surface area contributed by atoms with Gasteiger partial charge in [-0.3, -0.25) is 5.32 Å². The number of hydrogen-bond acceptors (Lipinski definition) is 3. The fraction of sp³-hybridized carbons (Fsp3) is 0.643. The van der Waals surface area contributed by atoms with Crippen LogP contribution in [-0.4, -0.2) is 6.04 Å². The second kappa shape index (κ2) is 5.66. The average Bonchev–Trinajstić information content (AvgIpc) is 2.67. The third-order valence-corrected chi connectivity index (χ3v) is 4.51. The maximum absolute atomic E-state index is 9.34. The maximum atomic E-state index is 9.34. The van der Waals surface area contributed by atoms with Crippen LogP contribution in [-0.2, 0) is 0 Å². The normalized spacial score (nSPS) is 18.9. The van der Waals surface area contributed by atoms with Gasteiger partial charge in [-0.15, -0.1) is 11.3 Å². The molecule has 0 aliphatic heterocycles. The van der Waals surface area contributed by atoms with Crippen molar-refractivity contribution < 1.29 is 0 Å². The second-order valence-corrected chi connectivity index (χ2v) is 6.39. The summed E-state index contributed by atoms with van der Waals surface area (Å²) in [5, 5.41) is 12.9. The number of nitrogens with one attached hydrogen (secondary N) is 1. The van der Waals surface area contributed by atoms with Crippen molar-refractivity contribution in [3.63, 3.8) is 0 Å². The molecule has 0 aromatic carbocycles. The monoisotopic (exact) mass is 248 g/mol. The molecule has 0 saturated heterocycles. The molecule has 0 radical (unpaired) electrons. The molecular formula is C14H20N2S.